The lowest BCUT2D eigenvalue weighted by Crippen LogP contribution is -2.28. The second-order valence-electron chi connectivity index (χ2n) is 4.36. The summed E-state index contributed by atoms with van der Waals surface area (Å²) in [6.07, 6.45) is 2.68. The average molecular weight is 255 g/mol. The molecule has 0 saturated heterocycles. The van der Waals surface area contributed by atoms with Gasteiger partial charge in [0.05, 0.1) is 7.11 Å². The van der Waals surface area contributed by atoms with E-state index in [1.807, 2.05) is 18.2 Å². The number of ether oxygens (including phenoxy) is 1. The summed E-state index contributed by atoms with van der Waals surface area (Å²) < 4.78 is 5.11. The number of hydrogen-bond donors (Lipinski definition) is 2. The fraction of sp³-hybridized carbons (Fsp3) is 0.538. The van der Waals surface area contributed by atoms with Crippen LogP contribution in [0.1, 0.15) is 18.4 Å². The van der Waals surface area contributed by atoms with Crippen LogP contribution >= 0.6 is 11.6 Å². The maximum Gasteiger partial charge on any atom is 0.120 e. The van der Waals surface area contributed by atoms with E-state index in [0.717, 1.165) is 42.0 Å². The molecule has 2 rings (SSSR count). The second kappa shape index (κ2) is 6.24. The molecule has 0 aromatic heterocycles. The lowest BCUT2D eigenvalue weighted by atomic mass is 10.2. The molecule has 2 N–H and O–H groups in total. The van der Waals surface area contributed by atoms with Crippen molar-refractivity contribution in [3.8, 4) is 5.75 Å². The Bertz CT molecular complexity index is 366. The molecule has 0 unspecified atom stereocenters. The molecule has 1 saturated carbocycles. The van der Waals surface area contributed by atoms with Gasteiger partial charge in [-0.3, -0.25) is 0 Å². The highest BCUT2D eigenvalue weighted by atomic mass is 35.5. The van der Waals surface area contributed by atoms with Crippen LogP contribution in [0.4, 0.5) is 0 Å². The molecule has 1 aromatic carbocycles. The third-order valence-electron chi connectivity index (χ3n) is 2.89. The van der Waals surface area contributed by atoms with Gasteiger partial charge in [0, 0.05) is 30.7 Å². The number of methoxy groups -OCH3 is 1. The summed E-state index contributed by atoms with van der Waals surface area (Å²) in [5.41, 5.74) is 1.11. The quantitative estimate of drug-likeness (QED) is 0.732. The second-order valence-corrected chi connectivity index (χ2v) is 4.77. The van der Waals surface area contributed by atoms with Crippen LogP contribution in [0.15, 0.2) is 18.2 Å². The number of rotatable bonds is 7. The number of hydrogen-bond acceptors (Lipinski definition) is 3. The third kappa shape index (κ3) is 4.19. The smallest absolute Gasteiger partial charge is 0.120 e. The van der Waals surface area contributed by atoms with Crippen LogP contribution in [0.5, 0.6) is 5.75 Å². The van der Waals surface area contributed by atoms with E-state index in [4.69, 9.17) is 16.3 Å². The largest absolute Gasteiger partial charge is 0.497 e. The van der Waals surface area contributed by atoms with Gasteiger partial charge >= 0.3 is 0 Å². The van der Waals surface area contributed by atoms with Crippen LogP contribution in [0.2, 0.25) is 5.02 Å². The normalized spacial score (nSPS) is 14.9. The lowest BCUT2D eigenvalue weighted by molar-refractivity contribution is 0.414. The van der Waals surface area contributed by atoms with Crippen LogP contribution in [-0.2, 0) is 6.54 Å². The van der Waals surface area contributed by atoms with Gasteiger partial charge in [0.15, 0.2) is 0 Å². The summed E-state index contributed by atoms with van der Waals surface area (Å²) in [7, 11) is 1.65. The molecule has 1 aliphatic rings. The van der Waals surface area contributed by atoms with Crippen molar-refractivity contribution in [1.29, 1.82) is 0 Å². The van der Waals surface area contributed by atoms with Crippen molar-refractivity contribution >= 4 is 11.6 Å². The van der Waals surface area contributed by atoms with Crippen LogP contribution in [0.25, 0.3) is 0 Å². The molecule has 0 heterocycles. The maximum absolute atomic E-state index is 6.15. The van der Waals surface area contributed by atoms with Crippen molar-refractivity contribution in [3.63, 3.8) is 0 Å². The third-order valence-corrected chi connectivity index (χ3v) is 3.24. The lowest BCUT2D eigenvalue weighted by Gasteiger charge is -2.08. The van der Waals surface area contributed by atoms with E-state index in [0.29, 0.717) is 0 Å². The minimum Gasteiger partial charge on any atom is -0.497 e. The standard InChI is InChI=1S/C13H19ClN2O/c1-17-12-5-2-10(13(14)8-12)9-15-6-7-16-11-3-4-11/h2,5,8,11,15-16H,3-4,6-7,9H2,1H3. The zero-order valence-corrected chi connectivity index (χ0v) is 10.9. The summed E-state index contributed by atoms with van der Waals surface area (Å²) >= 11 is 6.15. The minimum atomic E-state index is 0.756. The van der Waals surface area contributed by atoms with Crippen LogP contribution < -0.4 is 15.4 Å². The summed E-state index contributed by atoms with van der Waals surface area (Å²) in [6, 6.07) is 6.57. The number of nitrogens with one attached hydrogen (secondary N) is 2. The first-order valence-electron chi connectivity index (χ1n) is 6.06. The van der Waals surface area contributed by atoms with Crippen molar-refractivity contribution in [2.24, 2.45) is 0 Å². The SMILES string of the molecule is COc1ccc(CNCCNC2CC2)c(Cl)c1. The molecular formula is C13H19ClN2O. The van der Waals surface area contributed by atoms with Crippen molar-refractivity contribution in [2.75, 3.05) is 20.2 Å². The monoisotopic (exact) mass is 254 g/mol. The molecular weight excluding hydrogens is 236 g/mol. The highest BCUT2D eigenvalue weighted by Gasteiger charge is 2.19. The fourth-order valence-corrected chi connectivity index (χ4v) is 1.91. The fourth-order valence-electron chi connectivity index (χ4n) is 1.67. The molecule has 0 radical (unpaired) electrons. The molecule has 1 aliphatic carbocycles. The first-order chi connectivity index (χ1) is 8.29. The van der Waals surface area contributed by atoms with E-state index in [-0.39, 0.29) is 0 Å². The molecule has 0 aliphatic heterocycles. The van der Waals surface area contributed by atoms with Crippen molar-refractivity contribution in [3.05, 3.63) is 28.8 Å². The molecule has 4 heteroatoms. The first-order valence-corrected chi connectivity index (χ1v) is 6.44. The molecule has 1 aromatic rings. The van der Waals surface area contributed by atoms with E-state index in [1.54, 1.807) is 7.11 Å². The van der Waals surface area contributed by atoms with Gasteiger partial charge in [-0.1, -0.05) is 17.7 Å². The Morgan fingerprint density at radius 1 is 1.35 bits per heavy atom. The van der Waals surface area contributed by atoms with Crippen LogP contribution in [0.3, 0.4) is 0 Å². The summed E-state index contributed by atoms with van der Waals surface area (Å²) in [4.78, 5) is 0. The molecule has 94 valence electrons. The Labute approximate surface area is 107 Å². The number of halogens is 1. The van der Waals surface area contributed by atoms with Gasteiger partial charge in [-0.25, -0.2) is 0 Å². The predicted octanol–water partition coefficient (Wildman–Crippen LogP) is 2.19. The Balaban J connectivity index is 1.70. The Morgan fingerprint density at radius 2 is 2.18 bits per heavy atom. The van der Waals surface area contributed by atoms with Gasteiger partial charge in [0.2, 0.25) is 0 Å². The average Bonchev–Trinajstić information content (AvgIpc) is 3.14. The molecule has 0 amide bonds. The van der Waals surface area contributed by atoms with Gasteiger partial charge in [0.1, 0.15) is 5.75 Å². The van der Waals surface area contributed by atoms with Gasteiger partial charge in [-0.15, -0.1) is 0 Å². The zero-order valence-electron chi connectivity index (χ0n) is 10.1. The van der Waals surface area contributed by atoms with Crippen molar-refractivity contribution in [2.45, 2.75) is 25.4 Å². The molecule has 0 atom stereocenters. The highest BCUT2D eigenvalue weighted by molar-refractivity contribution is 6.31. The van der Waals surface area contributed by atoms with E-state index >= 15 is 0 Å². The number of benzene rings is 1. The maximum atomic E-state index is 6.15. The molecule has 0 spiro atoms. The predicted molar refractivity (Wildman–Crippen MR) is 70.7 cm³/mol. The highest BCUT2D eigenvalue weighted by Crippen LogP contribution is 2.22. The molecule has 1 fully saturated rings. The topological polar surface area (TPSA) is 33.3 Å². The first kappa shape index (κ1) is 12.7. The minimum absolute atomic E-state index is 0.756. The van der Waals surface area contributed by atoms with E-state index in [2.05, 4.69) is 10.6 Å². The summed E-state index contributed by atoms with van der Waals surface area (Å²) in [5.74, 6) is 0.800. The van der Waals surface area contributed by atoms with Crippen molar-refractivity contribution in [1.82, 2.24) is 10.6 Å². The Morgan fingerprint density at radius 3 is 2.82 bits per heavy atom. The zero-order chi connectivity index (χ0) is 12.1. The molecule has 17 heavy (non-hydrogen) atoms. The Kier molecular flexibility index (Phi) is 4.66. The summed E-state index contributed by atoms with van der Waals surface area (Å²) in [6.45, 7) is 2.80. The van der Waals surface area contributed by atoms with E-state index < -0.39 is 0 Å². The molecule has 0 bridgehead atoms. The van der Waals surface area contributed by atoms with E-state index in [9.17, 15) is 0 Å². The Hall–Kier alpha value is -0.770. The van der Waals surface area contributed by atoms with Gasteiger partial charge in [0.25, 0.3) is 0 Å². The van der Waals surface area contributed by atoms with Crippen molar-refractivity contribution < 1.29 is 4.74 Å². The summed E-state index contributed by atoms with van der Waals surface area (Å²) in [5, 5.41) is 7.59. The van der Waals surface area contributed by atoms with Gasteiger partial charge in [-0.2, -0.15) is 0 Å². The van der Waals surface area contributed by atoms with Gasteiger partial charge in [-0.05, 0) is 30.5 Å². The van der Waals surface area contributed by atoms with Crippen LogP contribution in [0, 0.1) is 0 Å². The molecule has 3 nitrogen and oxygen atoms in total. The van der Waals surface area contributed by atoms with E-state index in [1.165, 1.54) is 12.8 Å². The van der Waals surface area contributed by atoms with Crippen LogP contribution in [-0.4, -0.2) is 26.2 Å². The van der Waals surface area contributed by atoms with Gasteiger partial charge < -0.3 is 15.4 Å².